The Kier molecular flexibility index (Phi) is 6.39. The van der Waals surface area contributed by atoms with Crippen molar-refractivity contribution in [3.63, 3.8) is 0 Å². The summed E-state index contributed by atoms with van der Waals surface area (Å²) < 4.78 is 44.4. The van der Waals surface area contributed by atoms with Crippen LogP contribution in [0.1, 0.15) is 24.0 Å². The summed E-state index contributed by atoms with van der Waals surface area (Å²) in [5.41, 5.74) is -1.11. The molecule has 2 rings (SSSR count). The van der Waals surface area contributed by atoms with Crippen LogP contribution >= 0.6 is 11.6 Å². The molecule has 0 saturated carbocycles. The van der Waals surface area contributed by atoms with Gasteiger partial charge in [-0.1, -0.05) is 18.2 Å². The zero-order chi connectivity index (χ0) is 19.4. The predicted molar refractivity (Wildman–Crippen MR) is 90.1 cm³/mol. The van der Waals surface area contributed by atoms with E-state index < -0.39 is 23.2 Å². The Labute approximate surface area is 154 Å². The number of ether oxygens (including phenoxy) is 1. The molecule has 0 aliphatic carbocycles. The van der Waals surface area contributed by atoms with Gasteiger partial charge in [0.2, 0.25) is 5.91 Å². The summed E-state index contributed by atoms with van der Waals surface area (Å²) in [4.78, 5) is 24.8. The molecule has 0 atom stereocenters. The minimum absolute atomic E-state index is 0.0725. The van der Waals surface area contributed by atoms with Crippen molar-refractivity contribution in [3.8, 4) is 0 Å². The second-order valence-electron chi connectivity index (χ2n) is 6.20. The van der Waals surface area contributed by atoms with Crippen LogP contribution < -0.4 is 5.32 Å². The van der Waals surface area contributed by atoms with Crippen LogP contribution in [0.3, 0.4) is 0 Å². The molecule has 2 amide bonds. The van der Waals surface area contributed by atoms with E-state index in [2.05, 4.69) is 5.32 Å². The lowest BCUT2D eigenvalue weighted by Gasteiger charge is -2.41. The predicted octanol–water partition coefficient (Wildman–Crippen LogP) is 3.16. The van der Waals surface area contributed by atoms with Crippen LogP contribution in [-0.2, 0) is 21.1 Å². The third kappa shape index (κ3) is 4.60. The molecular formula is C17H20ClF3N2O3. The molecule has 1 aromatic rings. The fourth-order valence-corrected chi connectivity index (χ4v) is 3.26. The van der Waals surface area contributed by atoms with Crippen molar-refractivity contribution in [3.05, 3.63) is 35.4 Å². The molecule has 9 heteroatoms. The van der Waals surface area contributed by atoms with Crippen LogP contribution in [-0.4, -0.2) is 49.5 Å². The van der Waals surface area contributed by atoms with Gasteiger partial charge in [0, 0.05) is 25.6 Å². The molecule has 1 fully saturated rings. The fourth-order valence-electron chi connectivity index (χ4n) is 3.09. The first-order chi connectivity index (χ1) is 12.2. The Morgan fingerprint density at radius 2 is 1.96 bits per heavy atom. The number of hydrogen-bond donors (Lipinski definition) is 1. The van der Waals surface area contributed by atoms with Crippen molar-refractivity contribution in [1.29, 1.82) is 0 Å². The topological polar surface area (TPSA) is 58.6 Å². The molecule has 144 valence electrons. The zero-order valence-electron chi connectivity index (χ0n) is 14.2. The fraction of sp³-hybridized carbons (Fsp3) is 0.529. The van der Waals surface area contributed by atoms with Gasteiger partial charge in [-0.2, -0.15) is 13.2 Å². The van der Waals surface area contributed by atoms with E-state index in [1.54, 1.807) is 11.0 Å². The third-order valence-corrected chi connectivity index (χ3v) is 4.90. The molecule has 1 aliphatic rings. The average molecular weight is 393 g/mol. The summed E-state index contributed by atoms with van der Waals surface area (Å²) in [6.07, 6.45) is -4.38. The Bertz CT molecular complexity index is 659. The molecule has 26 heavy (non-hydrogen) atoms. The number of carbonyl (C=O) groups is 2. The number of hydrogen-bond acceptors (Lipinski definition) is 3. The number of piperidine rings is 1. The Morgan fingerprint density at radius 3 is 2.50 bits per heavy atom. The van der Waals surface area contributed by atoms with Gasteiger partial charge in [-0.25, -0.2) is 4.79 Å². The quantitative estimate of drug-likeness (QED) is 0.801. The monoisotopic (exact) mass is 392 g/mol. The number of amides is 2. The second kappa shape index (κ2) is 8.16. The minimum atomic E-state index is -4.46. The first kappa shape index (κ1) is 20.4. The van der Waals surface area contributed by atoms with E-state index in [1.807, 2.05) is 0 Å². The van der Waals surface area contributed by atoms with E-state index in [1.165, 1.54) is 13.1 Å². The maximum atomic E-state index is 13.1. The van der Waals surface area contributed by atoms with Gasteiger partial charge >= 0.3 is 12.3 Å². The molecule has 1 aliphatic heterocycles. The van der Waals surface area contributed by atoms with Gasteiger partial charge in [0.1, 0.15) is 12.5 Å². The zero-order valence-corrected chi connectivity index (χ0v) is 15.0. The normalized spacial score (nSPS) is 16.9. The van der Waals surface area contributed by atoms with Crippen LogP contribution in [0.2, 0.25) is 0 Å². The lowest BCUT2D eigenvalue weighted by molar-refractivity contribution is -0.137. The van der Waals surface area contributed by atoms with Gasteiger partial charge in [0.25, 0.3) is 0 Å². The SMILES string of the molecule is CNC(=O)OCC1(c2cccc(C(F)(F)F)c2)CCN(C(=O)CCl)CC1. The summed E-state index contributed by atoms with van der Waals surface area (Å²) in [6.45, 7) is 0.592. The summed E-state index contributed by atoms with van der Waals surface area (Å²) in [6, 6.07) is 5.03. The number of carbonyl (C=O) groups excluding carboxylic acids is 2. The van der Waals surface area contributed by atoms with Crippen molar-refractivity contribution in [1.82, 2.24) is 10.2 Å². The Morgan fingerprint density at radius 1 is 1.31 bits per heavy atom. The van der Waals surface area contributed by atoms with Crippen molar-refractivity contribution >= 4 is 23.6 Å². The summed E-state index contributed by atoms with van der Waals surface area (Å²) in [7, 11) is 1.40. The maximum absolute atomic E-state index is 13.1. The standard InChI is InChI=1S/C17H20ClF3N2O3/c1-22-15(25)26-11-16(5-7-23(8-6-16)14(24)10-18)12-3-2-4-13(9-12)17(19,20)21/h2-4,9H,5-8,10-11H2,1H3,(H,22,25). The highest BCUT2D eigenvalue weighted by atomic mass is 35.5. The van der Waals surface area contributed by atoms with Gasteiger partial charge in [-0.15, -0.1) is 11.6 Å². The van der Waals surface area contributed by atoms with Crippen molar-refractivity contribution < 1.29 is 27.5 Å². The maximum Gasteiger partial charge on any atom is 0.416 e. The molecule has 1 saturated heterocycles. The van der Waals surface area contributed by atoms with E-state index >= 15 is 0 Å². The molecule has 1 heterocycles. The summed E-state index contributed by atoms with van der Waals surface area (Å²) >= 11 is 5.57. The van der Waals surface area contributed by atoms with E-state index in [0.29, 0.717) is 31.5 Å². The Hall–Kier alpha value is -1.96. The number of nitrogens with zero attached hydrogens (tertiary/aromatic N) is 1. The van der Waals surface area contributed by atoms with Crippen molar-refractivity contribution in [2.75, 3.05) is 32.6 Å². The molecule has 1 aromatic carbocycles. The van der Waals surface area contributed by atoms with Gasteiger partial charge in [0.05, 0.1) is 5.56 Å². The van der Waals surface area contributed by atoms with Crippen LogP contribution in [0.4, 0.5) is 18.0 Å². The molecule has 5 nitrogen and oxygen atoms in total. The van der Waals surface area contributed by atoms with E-state index in [-0.39, 0.29) is 18.4 Å². The van der Waals surface area contributed by atoms with Crippen LogP contribution in [0, 0.1) is 0 Å². The number of halogens is 4. The Balaban J connectivity index is 2.30. The lowest BCUT2D eigenvalue weighted by Crippen LogP contribution is -2.48. The highest BCUT2D eigenvalue weighted by Gasteiger charge is 2.40. The molecule has 0 unspecified atom stereocenters. The third-order valence-electron chi connectivity index (χ3n) is 4.67. The number of rotatable bonds is 4. The summed E-state index contributed by atoms with van der Waals surface area (Å²) in [5, 5.41) is 2.32. The number of nitrogens with one attached hydrogen (secondary N) is 1. The smallest absolute Gasteiger partial charge is 0.416 e. The van der Waals surface area contributed by atoms with Crippen LogP contribution in [0.15, 0.2) is 24.3 Å². The molecular weight excluding hydrogens is 373 g/mol. The van der Waals surface area contributed by atoms with Gasteiger partial charge in [0.15, 0.2) is 0 Å². The van der Waals surface area contributed by atoms with Gasteiger partial charge in [-0.05, 0) is 24.5 Å². The molecule has 0 bridgehead atoms. The molecule has 0 aromatic heterocycles. The molecule has 1 N–H and O–H groups in total. The van der Waals surface area contributed by atoms with Gasteiger partial charge < -0.3 is 15.0 Å². The van der Waals surface area contributed by atoms with Crippen LogP contribution in [0.5, 0.6) is 0 Å². The van der Waals surface area contributed by atoms with Crippen LogP contribution in [0.25, 0.3) is 0 Å². The average Bonchev–Trinajstić information content (AvgIpc) is 2.65. The number of alkyl halides is 4. The second-order valence-corrected chi connectivity index (χ2v) is 6.47. The minimum Gasteiger partial charge on any atom is -0.449 e. The van der Waals surface area contributed by atoms with E-state index in [9.17, 15) is 22.8 Å². The van der Waals surface area contributed by atoms with Gasteiger partial charge in [-0.3, -0.25) is 4.79 Å². The summed E-state index contributed by atoms with van der Waals surface area (Å²) in [5.74, 6) is -0.373. The molecule has 0 radical (unpaired) electrons. The van der Waals surface area contributed by atoms with Crippen molar-refractivity contribution in [2.24, 2.45) is 0 Å². The first-order valence-corrected chi connectivity index (χ1v) is 8.61. The lowest BCUT2D eigenvalue weighted by atomic mass is 9.73. The molecule has 0 spiro atoms. The number of alkyl carbamates (subject to hydrolysis) is 1. The highest BCUT2D eigenvalue weighted by molar-refractivity contribution is 6.27. The van der Waals surface area contributed by atoms with E-state index in [0.717, 1.165) is 12.1 Å². The van der Waals surface area contributed by atoms with Crippen molar-refractivity contribution in [2.45, 2.75) is 24.4 Å². The van der Waals surface area contributed by atoms with E-state index in [4.69, 9.17) is 16.3 Å². The number of likely N-dealkylation sites (tertiary alicyclic amines) is 1. The highest BCUT2D eigenvalue weighted by Crippen LogP contribution is 2.39. The first-order valence-electron chi connectivity index (χ1n) is 8.08. The number of benzene rings is 1. The largest absolute Gasteiger partial charge is 0.449 e.